The largest absolute Gasteiger partial charge is 1.00 e. The van der Waals surface area contributed by atoms with E-state index in [1.165, 1.54) is 72.8 Å². The molecule has 0 aromatic heterocycles. The van der Waals surface area contributed by atoms with Crippen LogP contribution in [0.3, 0.4) is 0 Å². The van der Waals surface area contributed by atoms with Crippen LogP contribution in [0.25, 0.3) is 11.1 Å². The van der Waals surface area contributed by atoms with Crippen LogP contribution in [0, 0.1) is 5.92 Å². The molecule has 0 spiro atoms. The van der Waals surface area contributed by atoms with E-state index in [0.29, 0.717) is 0 Å². The molecule has 1 fully saturated rings. The van der Waals surface area contributed by atoms with Crippen molar-refractivity contribution in [1.82, 2.24) is 0 Å². The summed E-state index contributed by atoms with van der Waals surface area (Å²) in [5.74, 6) is 0.869. The van der Waals surface area contributed by atoms with Crippen LogP contribution in [0.15, 0.2) is 82.2 Å². The van der Waals surface area contributed by atoms with Gasteiger partial charge in [0.05, 0.1) is 0 Å². The van der Waals surface area contributed by atoms with Crippen molar-refractivity contribution in [3.8, 4) is 11.1 Å². The molecule has 232 valence electrons. The van der Waals surface area contributed by atoms with Gasteiger partial charge in [0.2, 0.25) is 0 Å². The van der Waals surface area contributed by atoms with Crippen LogP contribution in [0.5, 0.6) is 0 Å². The topological polar surface area (TPSA) is 0 Å². The molecule has 0 radical (unpaired) electrons. The summed E-state index contributed by atoms with van der Waals surface area (Å²) in [6.07, 6.45) is 19.2. The molecule has 0 aliphatic heterocycles. The molecule has 0 atom stereocenters. The van der Waals surface area contributed by atoms with Crippen molar-refractivity contribution >= 4 is 6.48 Å². The average molecular weight is 705 g/mol. The maximum atomic E-state index is 2.72. The van der Waals surface area contributed by atoms with Crippen LogP contribution >= 0.6 is 0 Å². The van der Waals surface area contributed by atoms with Crippen molar-refractivity contribution in [3.63, 3.8) is 0 Å². The van der Waals surface area contributed by atoms with E-state index in [2.05, 4.69) is 120 Å². The Morgan fingerprint density at radius 1 is 0.773 bits per heavy atom. The van der Waals surface area contributed by atoms with E-state index in [-0.39, 0.29) is 35.6 Å². The van der Waals surface area contributed by atoms with Gasteiger partial charge in [-0.25, -0.2) is 0 Å². The summed E-state index contributed by atoms with van der Waals surface area (Å²) in [7, 11) is 0. The maximum absolute atomic E-state index is 2.72. The first-order chi connectivity index (χ1) is 20.1. The zero-order valence-corrected chi connectivity index (χ0v) is 31.7. The molecule has 0 amide bonds. The summed E-state index contributed by atoms with van der Waals surface area (Å²) in [4.78, 5) is 0. The fourth-order valence-corrected chi connectivity index (χ4v) is 16.0. The van der Waals surface area contributed by atoms with Gasteiger partial charge >= 0.3 is 265 Å². The predicted octanol–water partition coefficient (Wildman–Crippen LogP) is 4.33. The molecule has 3 aromatic carbocycles. The predicted molar refractivity (Wildman–Crippen MR) is 180 cm³/mol. The van der Waals surface area contributed by atoms with Crippen LogP contribution in [-0.2, 0) is 44.9 Å². The Balaban J connectivity index is 0.00000221. The van der Waals surface area contributed by atoms with Crippen LogP contribution in [0.1, 0.15) is 114 Å². The van der Waals surface area contributed by atoms with Gasteiger partial charge in [0.15, 0.2) is 0 Å². The van der Waals surface area contributed by atoms with Gasteiger partial charge in [0.1, 0.15) is 0 Å². The third-order valence-corrected chi connectivity index (χ3v) is 17.6. The minimum atomic E-state index is -2.43. The number of hydrogen-bond donors (Lipinski definition) is 0. The Kier molecular flexibility index (Phi) is 11.6. The standard InChI is InChI=1S/C21H25.C15H20.C5H5.2ClH.Zr/c1-20(2,3)16-9-7-14-11-15-8-10-17(21(4,5)6)13-19(15)18(14)12-16;1-3-8-14(9-4-1)12-7-13-15-10-5-2-6-11-15;1-2-4-5-3-1;;;/h7,9-10,12-13H,11H2,1-6H3;1,3-4,8-9,15H,2,5-6,10-13H2;1-3H,4H2;2*1H;/q;;;;;+2/p-2. The number of fused-ring (bicyclic) bond motifs is 3. The van der Waals surface area contributed by atoms with Crippen molar-refractivity contribution in [3.05, 3.63) is 110 Å². The van der Waals surface area contributed by atoms with Gasteiger partial charge < -0.3 is 24.8 Å². The second-order valence-electron chi connectivity index (χ2n) is 15.3. The minimum Gasteiger partial charge on any atom is -1.00 e. The summed E-state index contributed by atoms with van der Waals surface area (Å²) in [5, 5.41) is 0. The fourth-order valence-electron chi connectivity index (χ4n) is 7.46. The van der Waals surface area contributed by atoms with Gasteiger partial charge in [-0.1, -0.05) is 0 Å². The second-order valence-corrected chi connectivity index (χ2v) is 21.8. The molecular formula is C41H50Cl2Zr. The maximum Gasteiger partial charge on any atom is -1.00 e. The Morgan fingerprint density at radius 3 is 2.09 bits per heavy atom. The first kappa shape index (κ1) is 35.3. The van der Waals surface area contributed by atoms with Gasteiger partial charge in [-0.15, -0.1) is 0 Å². The molecule has 0 bridgehead atoms. The summed E-state index contributed by atoms with van der Waals surface area (Å²) in [6, 6.07) is 24.1. The van der Waals surface area contributed by atoms with E-state index >= 15 is 0 Å². The fraction of sp³-hybridized carbons (Fsp3) is 0.439. The number of benzene rings is 3. The Morgan fingerprint density at radius 2 is 1.45 bits per heavy atom. The molecule has 44 heavy (non-hydrogen) atoms. The third-order valence-electron chi connectivity index (χ3n) is 9.98. The number of halogens is 2. The van der Waals surface area contributed by atoms with Gasteiger partial charge in [-0.05, 0) is 0 Å². The van der Waals surface area contributed by atoms with Gasteiger partial charge in [0, 0.05) is 0 Å². The zero-order valence-electron chi connectivity index (χ0n) is 27.7. The minimum absolute atomic E-state index is 0. The summed E-state index contributed by atoms with van der Waals surface area (Å²) >= 11 is -2.43. The first-order valence-corrected chi connectivity index (χ1v) is 20.2. The molecule has 3 aromatic rings. The molecule has 6 rings (SSSR count). The molecule has 0 nitrogen and oxygen atoms in total. The third kappa shape index (κ3) is 7.70. The quantitative estimate of drug-likeness (QED) is 0.281. The summed E-state index contributed by atoms with van der Waals surface area (Å²) < 4.78 is 5.51. The molecule has 3 aliphatic rings. The Bertz CT molecular complexity index is 1550. The van der Waals surface area contributed by atoms with E-state index < -0.39 is 21.3 Å². The molecular weight excluding hydrogens is 655 g/mol. The van der Waals surface area contributed by atoms with E-state index in [4.69, 9.17) is 0 Å². The number of allylic oxidation sites excluding steroid dienone is 4. The van der Waals surface area contributed by atoms with Crippen LogP contribution in [-0.4, -0.2) is 3.21 Å². The molecule has 0 heterocycles. The number of hydrogen-bond acceptors (Lipinski definition) is 0. The van der Waals surface area contributed by atoms with Crippen LogP contribution in [0.2, 0.25) is 0 Å². The molecule has 3 aliphatic carbocycles. The van der Waals surface area contributed by atoms with E-state index in [9.17, 15) is 0 Å². The normalized spacial score (nSPS) is 16.4. The SMILES string of the molecule is CC(C)(C)c1ccc2c(c1)-c1cc(C(C)(C)C)c[c](/[Zr+2]([C]3=CC=CC3)=[C](\Cc3ccccc3)CC3CCCCC3)c1C2.[Cl-].[Cl-]. The van der Waals surface area contributed by atoms with E-state index in [1.54, 1.807) is 17.7 Å². The van der Waals surface area contributed by atoms with E-state index in [1.807, 2.05) is 3.21 Å². The molecule has 0 N–H and O–H groups in total. The van der Waals surface area contributed by atoms with Crippen molar-refractivity contribution in [2.45, 2.75) is 110 Å². The average Bonchev–Trinajstić information content (AvgIpc) is 3.61. The van der Waals surface area contributed by atoms with Crippen LogP contribution < -0.4 is 28.1 Å². The first-order valence-electron chi connectivity index (χ1n) is 16.5. The smallest absolute Gasteiger partial charge is 1.00 e. The molecule has 0 unspecified atom stereocenters. The Labute approximate surface area is 287 Å². The van der Waals surface area contributed by atoms with Crippen LogP contribution in [0.4, 0.5) is 0 Å². The van der Waals surface area contributed by atoms with Crippen molar-refractivity contribution < 1.29 is 46.1 Å². The number of rotatable bonds is 6. The Hall–Kier alpha value is -1.53. The second kappa shape index (κ2) is 14.5. The van der Waals surface area contributed by atoms with Gasteiger partial charge in [-0.2, -0.15) is 0 Å². The van der Waals surface area contributed by atoms with Crippen molar-refractivity contribution in [1.29, 1.82) is 0 Å². The molecule has 0 saturated heterocycles. The molecule has 3 heteroatoms. The van der Waals surface area contributed by atoms with E-state index in [0.717, 1.165) is 18.8 Å². The summed E-state index contributed by atoms with van der Waals surface area (Å²) in [6.45, 7) is 14.3. The molecule has 1 saturated carbocycles. The van der Waals surface area contributed by atoms with Gasteiger partial charge in [0.25, 0.3) is 0 Å². The summed E-state index contributed by atoms with van der Waals surface area (Å²) in [5.41, 5.74) is 11.0. The van der Waals surface area contributed by atoms with Crippen molar-refractivity contribution in [2.75, 3.05) is 0 Å². The van der Waals surface area contributed by atoms with Gasteiger partial charge in [-0.3, -0.25) is 0 Å². The van der Waals surface area contributed by atoms with Crippen molar-refractivity contribution in [2.24, 2.45) is 5.92 Å². The monoisotopic (exact) mass is 702 g/mol. The zero-order chi connectivity index (χ0) is 29.5.